The van der Waals surface area contributed by atoms with Gasteiger partial charge in [-0.3, -0.25) is 0 Å². The van der Waals surface area contributed by atoms with Gasteiger partial charge in [0.05, 0.1) is 0 Å². The first-order chi connectivity index (χ1) is 11.7. The Balaban J connectivity index is 1.80. The van der Waals surface area contributed by atoms with E-state index in [0.29, 0.717) is 11.2 Å². The van der Waals surface area contributed by atoms with Crippen LogP contribution in [0.5, 0.6) is 0 Å². The van der Waals surface area contributed by atoms with Gasteiger partial charge < -0.3 is 4.98 Å². The van der Waals surface area contributed by atoms with Gasteiger partial charge in [0, 0.05) is 22.9 Å². The van der Waals surface area contributed by atoms with E-state index in [1.54, 1.807) is 18.3 Å². The number of hydrogen-bond donors (Lipinski definition) is 1. The van der Waals surface area contributed by atoms with E-state index in [2.05, 4.69) is 34.0 Å². The molecule has 0 bridgehead atoms. The van der Waals surface area contributed by atoms with Crippen LogP contribution in [0, 0.1) is 5.82 Å². The van der Waals surface area contributed by atoms with E-state index in [0.717, 1.165) is 28.9 Å². The minimum atomic E-state index is -0.259. The second-order valence-corrected chi connectivity index (χ2v) is 5.71. The summed E-state index contributed by atoms with van der Waals surface area (Å²) in [5, 5.41) is 0. The lowest BCUT2D eigenvalue weighted by Crippen LogP contribution is -1.85. The van der Waals surface area contributed by atoms with Crippen molar-refractivity contribution in [2.24, 2.45) is 0 Å². The smallest absolute Gasteiger partial charge is 0.157 e. The number of aromatic amines is 1. The molecule has 4 aromatic rings. The standard InChI is InChI=1S/C20H16FN3/c1-2-13-6-5-7-14(10-13)19-23-18-11-15(12-22-20(18)24-19)16-8-3-4-9-17(16)21/h3-12H,2H2,1H3,(H,22,23,24). The second kappa shape index (κ2) is 5.89. The van der Waals surface area contributed by atoms with Crippen LogP contribution in [0.15, 0.2) is 60.8 Å². The van der Waals surface area contributed by atoms with Crippen molar-refractivity contribution in [1.29, 1.82) is 0 Å². The second-order valence-electron chi connectivity index (χ2n) is 5.71. The third-order valence-electron chi connectivity index (χ3n) is 4.13. The van der Waals surface area contributed by atoms with Crippen LogP contribution in [-0.4, -0.2) is 15.0 Å². The van der Waals surface area contributed by atoms with Gasteiger partial charge in [0.25, 0.3) is 0 Å². The lowest BCUT2D eigenvalue weighted by Gasteiger charge is -2.01. The normalized spacial score (nSPS) is 11.1. The monoisotopic (exact) mass is 317 g/mol. The summed E-state index contributed by atoms with van der Waals surface area (Å²) in [7, 11) is 0. The largest absolute Gasteiger partial charge is 0.323 e. The molecule has 0 fully saturated rings. The first-order valence-electron chi connectivity index (χ1n) is 7.94. The van der Waals surface area contributed by atoms with Crippen LogP contribution in [0.2, 0.25) is 0 Å². The van der Waals surface area contributed by atoms with Gasteiger partial charge in [-0.2, -0.15) is 0 Å². The van der Waals surface area contributed by atoms with E-state index in [-0.39, 0.29) is 5.82 Å². The molecule has 0 unspecified atom stereocenters. The van der Waals surface area contributed by atoms with Crippen molar-refractivity contribution in [2.75, 3.05) is 0 Å². The summed E-state index contributed by atoms with van der Waals surface area (Å²) in [6.45, 7) is 2.12. The highest BCUT2D eigenvalue weighted by atomic mass is 19.1. The Morgan fingerprint density at radius 1 is 1.00 bits per heavy atom. The molecule has 2 heterocycles. The number of pyridine rings is 1. The summed E-state index contributed by atoms with van der Waals surface area (Å²) in [6.07, 6.45) is 2.65. The number of hydrogen-bond acceptors (Lipinski definition) is 2. The van der Waals surface area contributed by atoms with Crippen molar-refractivity contribution < 1.29 is 4.39 Å². The van der Waals surface area contributed by atoms with Crippen LogP contribution < -0.4 is 0 Å². The van der Waals surface area contributed by atoms with Crippen molar-refractivity contribution in [2.45, 2.75) is 13.3 Å². The van der Waals surface area contributed by atoms with Gasteiger partial charge in [-0.05, 0) is 30.2 Å². The highest BCUT2D eigenvalue weighted by molar-refractivity contribution is 5.81. The molecule has 0 amide bonds. The summed E-state index contributed by atoms with van der Waals surface area (Å²) in [6, 6.07) is 16.8. The molecule has 0 spiro atoms. The zero-order valence-corrected chi connectivity index (χ0v) is 13.3. The van der Waals surface area contributed by atoms with Crippen molar-refractivity contribution in [3.8, 4) is 22.5 Å². The van der Waals surface area contributed by atoms with Crippen LogP contribution in [0.4, 0.5) is 4.39 Å². The fourth-order valence-electron chi connectivity index (χ4n) is 2.81. The van der Waals surface area contributed by atoms with Gasteiger partial charge in [-0.1, -0.05) is 43.3 Å². The van der Waals surface area contributed by atoms with Crippen molar-refractivity contribution in [3.63, 3.8) is 0 Å². The topological polar surface area (TPSA) is 41.6 Å². The van der Waals surface area contributed by atoms with Gasteiger partial charge in [-0.25, -0.2) is 14.4 Å². The molecule has 4 rings (SSSR count). The molecule has 2 aromatic heterocycles. The molecule has 3 nitrogen and oxygen atoms in total. The summed E-state index contributed by atoms with van der Waals surface area (Å²) < 4.78 is 14.0. The molecular formula is C20H16FN3. The number of nitrogens with zero attached hydrogens (tertiary/aromatic N) is 2. The number of benzene rings is 2. The van der Waals surface area contributed by atoms with Gasteiger partial charge in [0.1, 0.15) is 17.2 Å². The molecule has 0 aliphatic heterocycles. The summed E-state index contributed by atoms with van der Waals surface area (Å²) in [5.74, 6) is 0.517. The fraction of sp³-hybridized carbons (Fsp3) is 0.100. The first-order valence-corrected chi connectivity index (χ1v) is 7.94. The molecule has 0 aliphatic carbocycles. The number of nitrogens with one attached hydrogen (secondary N) is 1. The average molecular weight is 317 g/mol. The van der Waals surface area contributed by atoms with Crippen molar-refractivity contribution in [1.82, 2.24) is 15.0 Å². The van der Waals surface area contributed by atoms with E-state index >= 15 is 0 Å². The van der Waals surface area contributed by atoms with Crippen LogP contribution >= 0.6 is 0 Å². The van der Waals surface area contributed by atoms with Crippen LogP contribution in [0.3, 0.4) is 0 Å². The Hall–Kier alpha value is -3.01. The number of rotatable bonds is 3. The Labute approximate surface area is 139 Å². The summed E-state index contributed by atoms with van der Waals surface area (Å²) in [5.41, 5.74) is 4.97. The van der Waals surface area contributed by atoms with E-state index in [9.17, 15) is 4.39 Å². The van der Waals surface area contributed by atoms with Gasteiger partial charge >= 0.3 is 0 Å². The maximum atomic E-state index is 14.0. The average Bonchev–Trinajstić information content (AvgIpc) is 3.05. The number of fused-ring (bicyclic) bond motifs is 1. The van der Waals surface area contributed by atoms with Crippen LogP contribution in [0.25, 0.3) is 33.7 Å². The zero-order chi connectivity index (χ0) is 16.5. The number of H-pyrrole nitrogens is 1. The minimum Gasteiger partial charge on any atom is -0.323 e. The van der Waals surface area contributed by atoms with E-state index in [4.69, 9.17) is 0 Å². The Kier molecular flexibility index (Phi) is 3.58. The molecule has 0 radical (unpaired) electrons. The molecule has 4 heteroatoms. The highest BCUT2D eigenvalue weighted by Gasteiger charge is 2.10. The van der Waals surface area contributed by atoms with Crippen LogP contribution in [0.1, 0.15) is 12.5 Å². The maximum Gasteiger partial charge on any atom is 0.157 e. The predicted octanol–water partition coefficient (Wildman–Crippen LogP) is 4.99. The first kappa shape index (κ1) is 14.6. The van der Waals surface area contributed by atoms with Crippen LogP contribution in [-0.2, 0) is 6.42 Å². The third-order valence-corrected chi connectivity index (χ3v) is 4.13. The number of imidazole rings is 1. The Morgan fingerprint density at radius 2 is 1.88 bits per heavy atom. The Morgan fingerprint density at radius 3 is 2.71 bits per heavy atom. The summed E-state index contributed by atoms with van der Waals surface area (Å²) >= 11 is 0. The van der Waals surface area contributed by atoms with E-state index in [1.807, 2.05) is 24.3 Å². The Bertz CT molecular complexity index is 1020. The molecule has 1 N–H and O–H groups in total. The van der Waals surface area contributed by atoms with Crippen molar-refractivity contribution >= 4 is 11.2 Å². The van der Waals surface area contributed by atoms with E-state index in [1.165, 1.54) is 11.6 Å². The SMILES string of the molecule is CCc1cccc(-c2nc3cc(-c4ccccc4F)cnc3[nH]2)c1. The highest BCUT2D eigenvalue weighted by Crippen LogP contribution is 2.26. The fourth-order valence-corrected chi connectivity index (χ4v) is 2.81. The molecule has 24 heavy (non-hydrogen) atoms. The zero-order valence-electron chi connectivity index (χ0n) is 13.3. The number of halogens is 1. The van der Waals surface area contributed by atoms with Gasteiger partial charge in [-0.15, -0.1) is 0 Å². The minimum absolute atomic E-state index is 0.259. The van der Waals surface area contributed by atoms with E-state index < -0.39 is 0 Å². The van der Waals surface area contributed by atoms with Gasteiger partial charge in [0.2, 0.25) is 0 Å². The molecule has 118 valence electrons. The molecule has 0 saturated heterocycles. The molecule has 0 atom stereocenters. The van der Waals surface area contributed by atoms with Gasteiger partial charge in [0.15, 0.2) is 5.65 Å². The number of aromatic nitrogens is 3. The third kappa shape index (κ3) is 2.56. The van der Waals surface area contributed by atoms with Crippen molar-refractivity contribution in [3.05, 3.63) is 72.2 Å². The lowest BCUT2D eigenvalue weighted by molar-refractivity contribution is 0.631. The number of aryl methyl sites for hydroxylation is 1. The molecular weight excluding hydrogens is 301 g/mol. The summed E-state index contributed by atoms with van der Waals surface area (Å²) in [4.78, 5) is 12.3. The predicted molar refractivity (Wildman–Crippen MR) is 94.1 cm³/mol. The molecule has 2 aromatic carbocycles. The molecule has 0 aliphatic rings. The quantitative estimate of drug-likeness (QED) is 0.578. The lowest BCUT2D eigenvalue weighted by atomic mass is 10.1. The maximum absolute atomic E-state index is 14.0. The molecule has 0 saturated carbocycles.